The Hall–Kier alpha value is -3.19. The van der Waals surface area contributed by atoms with E-state index in [-0.39, 0.29) is 29.1 Å². The average molecular weight is 426 g/mol. The van der Waals surface area contributed by atoms with Gasteiger partial charge in [-0.2, -0.15) is 5.10 Å². The number of nitrogens with zero attached hydrogens (tertiary/aromatic N) is 3. The van der Waals surface area contributed by atoms with E-state index in [0.717, 1.165) is 17.0 Å². The minimum Gasteiger partial charge on any atom is -0.354 e. The highest BCUT2D eigenvalue weighted by atomic mass is 35.5. The van der Waals surface area contributed by atoms with Gasteiger partial charge in [-0.15, -0.1) is 0 Å². The third kappa shape index (κ3) is 5.24. The number of anilines is 1. The van der Waals surface area contributed by atoms with Gasteiger partial charge in [-0.25, -0.2) is 9.67 Å². The zero-order chi connectivity index (χ0) is 21.8. The third-order valence-electron chi connectivity index (χ3n) is 4.30. The summed E-state index contributed by atoms with van der Waals surface area (Å²) in [5.74, 6) is 0.0501. The summed E-state index contributed by atoms with van der Waals surface area (Å²) in [5, 5.41) is 10.3. The Labute approximate surface area is 180 Å². The molecule has 7 nitrogen and oxygen atoms in total. The molecule has 3 rings (SSSR count). The topological polar surface area (TPSA) is 88.9 Å². The van der Waals surface area contributed by atoms with Gasteiger partial charge in [0.25, 0.3) is 5.91 Å². The van der Waals surface area contributed by atoms with E-state index in [1.54, 1.807) is 41.1 Å². The first kappa shape index (κ1) is 21.5. The van der Waals surface area contributed by atoms with Gasteiger partial charge < -0.3 is 10.6 Å². The fourth-order valence-corrected chi connectivity index (χ4v) is 3.22. The Balaban J connectivity index is 1.73. The largest absolute Gasteiger partial charge is 0.354 e. The van der Waals surface area contributed by atoms with E-state index in [9.17, 15) is 9.59 Å². The van der Waals surface area contributed by atoms with Crippen LogP contribution in [0.1, 0.15) is 41.3 Å². The van der Waals surface area contributed by atoms with Crippen LogP contribution in [0.4, 0.5) is 5.69 Å². The molecule has 3 aromatic rings. The van der Waals surface area contributed by atoms with Crippen molar-refractivity contribution >= 4 is 29.1 Å². The van der Waals surface area contributed by atoms with Gasteiger partial charge in [0, 0.05) is 17.4 Å². The lowest BCUT2D eigenvalue weighted by atomic mass is 10.1. The van der Waals surface area contributed by atoms with Crippen LogP contribution in [-0.2, 0) is 11.2 Å². The summed E-state index contributed by atoms with van der Waals surface area (Å²) in [4.78, 5) is 29.0. The molecule has 2 N–H and O–H groups in total. The number of hydrogen-bond donors (Lipinski definition) is 2. The number of pyridine rings is 1. The highest BCUT2D eigenvalue weighted by molar-refractivity contribution is 6.34. The zero-order valence-electron chi connectivity index (χ0n) is 17.4. The Kier molecular flexibility index (Phi) is 6.52. The van der Waals surface area contributed by atoms with Crippen molar-refractivity contribution < 1.29 is 9.59 Å². The SMILES string of the molecule is Cc1cc(C)n(-c2ccc(Cl)c(C(=O)Nc3ccc(CC(=O)NC(C)C)cc3)n2)n1. The molecule has 0 saturated heterocycles. The van der Waals surface area contributed by atoms with Gasteiger partial charge in [0.15, 0.2) is 5.82 Å². The number of rotatable bonds is 6. The smallest absolute Gasteiger partial charge is 0.275 e. The Bertz CT molecular complexity index is 1070. The lowest BCUT2D eigenvalue weighted by Gasteiger charge is -2.10. The molecule has 2 amide bonds. The van der Waals surface area contributed by atoms with Crippen LogP contribution in [0.3, 0.4) is 0 Å². The summed E-state index contributed by atoms with van der Waals surface area (Å²) >= 11 is 6.22. The molecule has 0 aliphatic carbocycles. The molecule has 30 heavy (non-hydrogen) atoms. The van der Waals surface area contributed by atoms with Gasteiger partial charge in [-0.1, -0.05) is 23.7 Å². The number of aryl methyl sites for hydroxylation is 2. The Morgan fingerprint density at radius 2 is 1.80 bits per heavy atom. The second-order valence-electron chi connectivity index (χ2n) is 7.39. The van der Waals surface area contributed by atoms with Gasteiger partial charge in [0.1, 0.15) is 5.69 Å². The van der Waals surface area contributed by atoms with Crippen molar-refractivity contribution in [1.82, 2.24) is 20.1 Å². The van der Waals surface area contributed by atoms with Crippen molar-refractivity contribution in [3.05, 3.63) is 70.1 Å². The summed E-state index contributed by atoms with van der Waals surface area (Å²) < 4.78 is 1.67. The van der Waals surface area contributed by atoms with Crippen LogP contribution in [0.25, 0.3) is 5.82 Å². The van der Waals surface area contributed by atoms with E-state index in [2.05, 4.69) is 20.7 Å². The number of halogens is 1. The highest BCUT2D eigenvalue weighted by Gasteiger charge is 2.16. The van der Waals surface area contributed by atoms with Gasteiger partial charge in [-0.3, -0.25) is 9.59 Å². The molecule has 0 aliphatic heterocycles. The molecular formula is C22H24ClN5O2. The van der Waals surface area contributed by atoms with Crippen LogP contribution < -0.4 is 10.6 Å². The average Bonchev–Trinajstić information content (AvgIpc) is 3.01. The van der Waals surface area contributed by atoms with Crippen LogP contribution in [0.2, 0.25) is 5.02 Å². The first-order valence-corrected chi connectivity index (χ1v) is 10.0. The van der Waals surface area contributed by atoms with Crippen molar-refractivity contribution in [2.45, 2.75) is 40.2 Å². The van der Waals surface area contributed by atoms with Gasteiger partial charge >= 0.3 is 0 Å². The second kappa shape index (κ2) is 9.09. The maximum Gasteiger partial charge on any atom is 0.275 e. The van der Waals surface area contributed by atoms with E-state index in [0.29, 0.717) is 11.5 Å². The summed E-state index contributed by atoms with van der Waals surface area (Å²) in [6.45, 7) is 7.64. The molecule has 0 spiro atoms. The molecule has 0 bridgehead atoms. The van der Waals surface area contributed by atoms with Crippen molar-refractivity contribution in [1.29, 1.82) is 0 Å². The summed E-state index contributed by atoms with van der Waals surface area (Å²) in [6, 6.07) is 12.5. The molecule has 0 aliphatic rings. The molecule has 0 unspecified atom stereocenters. The van der Waals surface area contributed by atoms with Crippen LogP contribution in [0.5, 0.6) is 0 Å². The Morgan fingerprint density at radius 3 is 2.40 bits per heavy atom. The molecule has 2 heterocycles. The van der Waals surface area contributed by atoms with Crippen molar-refractivity contribution in [2.75, 3.05) is 5.32 Å². The first-order valence-electron chi connectivity index (χ1n) is 9.63. The lowest BCUT2D eigenvalue weighted by molar-refractivity contribution is -0.120. The molecule has 0 radical (unpaired) electrons. The third-order valence-corrected chi connectivity index (χ3v) is 4.60. The van der Waals surface area contributed by atoms with Crippen molar-refractivity contribution in [3.8, 4) is 5.82 Å². The number of benzene rings is 1. The van der Waals surface area contributed by atoms with Crippen LogP contribution in [0, 0.1) is 13.8 Å². The van der Waals surface area contributed by atoms with E-state index >= 15 is 0 Å². The minimum atomic E-state index is -0.423. The molecule has 156 valence electrons. The first-order chi connectivity index (χ1) is 14.2. The summed E-state index contributed by atoms with van der Waals surface area (Å²) in [7, 11) is 0. The molecular weight excluding hydrogens is 402 g/mol. The summed E-state index contributed by atoms with van der Waals surface area (Å²) in [6.07, 6.45) is 0.282. The number of carbonyl (C=O) groups is 2. The summed E-state index contributed by atoms with van der Waals surface area (Å²) in [5.41, 5.74) is 3.32. The monoisotopic (exact) mass is 425 g/mol. The maximum atomic E-state index is 12.7. The van der Waals surface area contributed by atoms with Crippen LogP contribution in [0.15, 0.2) is 42.5 Å². The standard InChI is InChI=1S/C22H24ClN5O2/c1-13(2)24-20(29)12-16-5-7-17(8-6-16)25-22(30)21-18(23)9-10-19(26-21)28-15(4)11-14(3)27-28/h5-11,13H,12H2,1-4H3,(H,24,29)(H,25,30). The molecule has 1 aromatic carbocycles. The van der Waals surface area contributed by atoms with Gasteiger partial charge in [0.2, 0.25) is 5.91 Å². The van der Waals surface area contributed by atoms with Crippen molar-refractivity contribution in [3.63, 3.8) is 0 Å². The Morgan fingerprint density at radius 1 is 1.10 bits per heavy atom. The van der Waals surface area contributed by atoms with E-state index in [4.69, 9.17) is 11.6 Å². The predicted molar refractivity (Wildman–Crippen MR) is 117 cm³/mol. The van der Waals surface area contributed by atoms with Crippen LogP contribution in [-0.4, -0.2) is 32.6 Å². The van der Waals surface area contributed by atoms with Gasteiger partial charge in [-0.05, 0) is 63.6 Å². The number of nitrogens with one attached hydrogen (secondary N) is 2. The quantitative estimate of drug-likeness (QED) is 0.627. The predicted octanol–water partition coefficient (Wildman–Crippen LogP) is 3.86. The number of hydrogen-bond acceptors (Lipinski definition) is 4. The number of aromatic nitrogens is 3. The zero-order valence-corrected chi connectivity index (χ0v) is 18.1. The van der Waals surface area contributed by atoms with Crippen molar-refractivity contribution in [2.24, 2.45) is 0 Å². The normalized spacial score (nSPS) is 10.9. The molecule has 2 aromatic heterocycles. The second-order valence-corrected chi connectivity index (χ2v) is 7.80. The number of carbonyl (C=O) groups excluding carboxylic acids is 2. The lowest BCUT2D eigenvalue weighted by Crippen LogP contribution is -2.31. The van der Waals surface area contributed by atoms with E-state index in [1.165, 1.54) is 0 Å². The van der Waals surface area contributed by atoms with Crippen LogP contribution >= 0.6 is 11.6 Å². The minimum absolute atomic E-state index is 0.0428. The fraction of sp³-hybridized carbons (Fsp3) is 0.273. The van der Waals surface area contributed by atoms with E-state index in [1.807, 2.05) is 33.8 Å². The highest BCUT2D eigenvalue weighted by Crippen LogP contribution is 2.19. The molecule has 0 fully saturated rings. The molecule has 0 atom stereocenters. The fourth-order valence-electron chi connectivity index (χ4n) is 3.02. The number of amides is 2. The maximum absolute atomic E-state index is 12.7. The van der Waals surface area contributed by atoms with Gasteiger partial charge in [0.05, 0.1) is 17.1 Å². The van der Waals surface area contributed by atoms with E-state index < -0.39 is 5.91 Å². The molecule has 8 heteroatoms. The molecule has 0 saturated carbocycles.